The van der Waals surface area contributed by atoms with Gasteiger partial charge in [0.25, 0.3) is 0 Å². The number of pyridine rings is 1. The lowest BCUT2D eigenvalue weighted by molar-refractivity contribution is -0.114. The number of nitrogens with zero attached hydrogens (tertiary/aromatic N) is 2. The molecule has 1 aromatic carbocycles. The average Bonchev–Trinajstić information content (AvgIpc) is 3.04. The Labute approximate surface area is 139 Å². The fraction of sp³-hybridized carbons (Fsp3) is 0.176. The first-order chi connectivity index (χ1) is 11.6. The molecule has 124 valence electrons. The fourth-order valence-corrected chi connectivity index (χ4v) is 2.41. The molecule has 3 N–H and O–H groups in total. The number of imidazole rings is 1. The standard InChI is InChI=1S/C17H18N4O3/c1-23-14-5-3-11(7-15(14)24-2)13-10-21-9-12(19-17(22)8-18)4-6-16(21)20-13/h3-7,9-10H,8,18H2,1-2H3,(H,19,22). The smallest absolute Gasteiger partial charge is 0.238 e. The van der Waals surface area contributed by atoms with Crippen LogP contribution >= 0.6 is 0 Å². The van der Waals surface area contributed by atoms with E-state index in [-0.39, 0.29) is 12.5 Å². The van der Waals surface area contributed by atoms with Crippen LogP contribution in [-0.2, 0) is 4.79 Å². The van der Waals surface area contributed by atoms with Crippen molar-refractivity contribution in [2.45, 2.75) is 0 Å². The summed E-state index contributed by atoms with van der Waals surface area (Å²) < 4.78 is 12.4. The number of rotatable bonds is 5. The molecule has 2 heterocycles. The van der Waals surface area contributed by atoms with Crippen LogP contribution in [0.5, 0.6) is 11.5 Å². The highest BCUT2D eigenvalue weighted by atomic mass is 16.5. The quantitative estimate of drug-likeness (QED) is 0.747. The molecule has 0 unspecified atom stereocenters. The highest BCUT2D eigenvalue weighted by Crippen LogP contribution is 2.32. The number of amides is 1. The van der Waals surface area contributed by atoms with Crippen LogP contribution in [0, 0.1) is 0 Å². The molecule has 0 atom stereocenters. The zero-order valence-corrected chi connectivity index (χ0v) is 13.4. The molecule has 7 nitrogen and oxygen atoms in total. The third kappa shape index (κ3) is 3.02. The normalized spacial score (nSPS) is 10.6. The first-order valence-corrected chi connectivity index (χ1v) is 7.35. The predicted octanol–water partition coefficient (Wildman–Crippen LogP) is 1.92. The van der Waals surface area contributed by atoms with E-state index in [4.69, 9.17) is 15.2 Å². The molecule has 0 saturated carbocycles. The van der Waals surface area contributed by atoms with Gasteiger partial charge in [0.1, 0.15) is 5.65 Å². The molecule has 0 aliphatic carbocycles. The highest BCUT2D eigenvalue weighted by molar-refractivity contribution is 5.92. The highest BCUT2D eigenvalue weighted by Gasteiger charge is 2.10. The van der Waals surface area contributed by atoms with Crippen LogP contribution in [0.1, 0.15) is 0 Å². The molecule has 0 bridgehead atoms. The van der Waals surface area contributed by atoms with E-state index in [1.165, 1.54) is 0 Å². The summed E-state index contributed by atoms with van der Waals surface area (Å²) in [5.74, 6) is 1.06. The third-order valence-corrected chi connectivity index (χ3v) is 3.60. The number of aromatic nitrogens is 2. The van der Waals surface area contributed by atoms with Gasteiger partial charge >= 0.3 is 0 Å². The van der Waals surface area contributed by atoms with Crippen molar-refractivity contribution >= 4 is 17.2 Å². The number of carbonyl (C=O) groups excluding carboxylic acids is 1. The van der Waals surface area contributed by atoms with Gasteiger partial charge in [0, 0.05) is 18.0 Å². The molecule has 0 fully saturated rings. The van der Waals surface area contributed by atoms with Crippen LogP contribution in [0.15, 0.2) is 42.7 Å². The van der Waals surface area contributed by atoms with Gasteiger partial charge in [-0.2, -0.15) is 0 Å². The molecule has 0 aliphatic heterocycles. The summed E-state index contributed by atoms with van der Waals surface area (Å²) in [5.41, 5.74) is 8.44. The number of fused-ring (bicyclic) bond motifs is 1. The molecule has 0 spiro atoms. The van der Waals surface area contributed by atoms with Gasteiger partial charge in [0.15, 0.2) is 11.5 Å². The van der Waals surface area contributed by atoms with E-state index in [1.54, 1.807) is 26.5 Å². The molecule has 3 aromatic rings. The van der Waals surface area contributed by atoms with E-state index in [2.05, 4.69) is 10.3 Å². The maximum atomic E-state index is 11.4. The minimum atomic E-state index is -0.241. The number of methoxy groups -OCH3 is 2. The number of nitrogens with one attached hydrogen (secondary N) is 1. The summed E-state index contributed by atoms with van der Waals surface area (Å²) in [6.45, 7) is -0.0567. The molecule has 1 amide bonds. The fourth-order valence-electron chi connectivity index (χ4n) is 2.41. The maximum Gasteiger partial charge on any atom is 0.238 e. The second-order valence-corrected chi connectivity index (χ2v) is 5.13. The minimum absolute atomic E-state index is 0.0567. The zero-order chi connectivity index (χ0) is 17.1. The van der Waals surface area contributed by atoms with E-state index in [0.717, 1.165) is 16.9 Å². The van der Waals surface area contributed by atoms with Crippen molar-refractivity contribution in [3.63, 3.8) is 0 Å². The first kappa shape index (κ1) is 15.8. The summed E-state index contributed by atoms with van der Waals surface area (Å²) in [6, 6.07) is 9.24. The van der Waals surface area contributed by atoms with Crippen molar-refractivity contribution in [3.8, 4) is 22.8 Å². The Morgan fingerprint density at radius 1 is 1.17 bits per heavy atom. The molecule has 7 heteroatoms. The Bertz CT molecular complexity index is 889. The van der Waals surface area contributed by atoms with Gasteiger partial charge in [0.05, 0.1) is 32.1 Å². The molecule has 0 radical (unpaired) electrons. The largest absolute Gasteiger partial charge is 0.493 e. The lowest BCUT2D eigenvalue weighted by atomic mass is 10.1. The Hall–Kier alpha value is -3.06. The summed E-state index contributed by atoms with van der Waals surface area (Å²) in [6.07, 6.45) is 3.68. The Balaban J connectivity index is 1.97. The monoisotopic (exact) mass is 326 g/mol. The first-order valence-electron chi connectivity index (χ1n) is 7.35. The molecule has 3 rings (SSSR count). The zero-order valence-electron chi connectivity index (χ0n) is 13.4. The second kappa shape index (κ2) is 6.59. The van der Waals surface area contributed by atoms with Gasteiger partial charge in [-0.25, -0.2) is 4.98 Å². The van der Waals surface area contributed by atoms with E-state index in [1.807, 2.05) is 34.9 Å². The van der Waals surface area contributed by atoms with Crippen molar-refractivity contribution in [2.75, 3.05) is 26.1 Å². The van der Waals surface area contributed by atoms with Crippen LogP contribution < -0.4 is 20.5 Å². The topological polar surface area (TPSA) is 90.9 Å². The van der Waals surface area contributed by atoms with Crippen molar-refractivity contribution in [3.05, 3.63) is 42.7 Å². The number of hydrogen-bond acceptors (Lipinski definition) is 5. The SMILES string of the molecule is COc1ccc(-c2cn3cc(NC(=O)CN)ccc3n2)cc1OC. The lowest BCUT2D eigenvalue weighted by Gasteiger charge is -2.08. The molecule has 2 aromatic heterocycles. The number of ether oxygens (including phenoxy) is 2. The van der Waals surface area contributed by atoms with E-state index >= 15 is 0 Å². The lowest BCUT2D eigenvalue weighted by Crippen LogP contribution is -2.21. The van der Waals surface area contributed by atoms with Gasteiger partial charge in [-0.05, 0) is 30.3 Å². The predicted molar refractivity (Wildman–Crippen MR) is 91.4 cm³/mol. The van der Waals surface area contributed by atoms with Crippen molar-refractivity contribution in [1.29, 1.82) is 0 Å². The number of nitrogens with two attached hydrogens (primary N) is 1. The molecular formula is C17H18N4O3. The van der Waals surface area contributed by atoms with Gasteiger partial charge < -0.3 is 24.9 Å². The van der Waals surface area contributed by atoms with Crippen LogP contribution in [-0.4, -0.2) is 36.1 Å². The van der Waals surface area contributed by atoms with E-state index in [0.29, 0.717) is 17.2 Å². The van der Waals surface area contributed by atoms with Crippen LogP contribution in [0.4, 0.5) is 5.69 Å². The van der Waals surface area contributed by atoms with Gasteiger partial charge in [0.2, 0.25) is 5.91 Å². The summed E-state index contributed by atoms with van der Waals surface area (Å²) in [4.78, 5) is 16.0. The summed E-state index contributed by atoms with van der Waals surface area (Å²) in [7, 11) is 3.19. The Kier molecular flexibility index (Phi) is 4.35. The van der Waals surface area contributed by atoms with Crippen molar-refractivity contribution in [2.24, 2.45) is 5.73 Å². The average molecular weight is 326 g/mol. The molecule has 0 saturated heterocycles. The van der Waals surface area contributed by atoms with E-state index in [9.17, 15) is 4.79 Å². The third-order valence-electron chi connectivity index (χ3n) is 3.60. The number of carbonyl (C=O) groups is 1. The van der Waals surface area contributed by atoms with Crippen LogP contribution in [0.3, 0.4) is 0 Å². The second-order valence-electron chi connectivity index (χ2n) is 5.13. The summed E-state index contributed by atoms with van der Waals surface area (Å²) in [5, 5.41) is 2.72. The van der Waals surface area contributed by atoms with Crippen molar-refractivity contribution < 1.29 is 14.3 Å². The number of hydrogen-bond donors (Lipinski definition) is 2. The Morgan fingerprint density at radius 2 is 1.96 bits per heavy atom. The van der Waals surface area contributed by atoms with E-state index < -0.39 is 0 Å². The molecule has 0 aliphatic rings. The number of benzene rings is 1. The molecular weight excluding hydrogens is 308 g/mol. The van der Waals surface area contributed by atoms with Crippen LogP contribution in [0.25, 0.3) is 16.9 Å². The van der Waals surface area contributed by atoms with Crippen molar-refractivity contribution in [1.82, 2.24) is 9.38 Å². The van der Waals surface area contributed by atoms with Gasteiger partial charge in [-0.1, -0.05) is 0 Å². The molecule has 24 heavy (non-hydrogen) atoms. The minimum Gasteiger partial charge on any atom is -0.493 e. The summed E-state index contributed by atoms with van der Waals surface area (Å²) >= 11 is 0. The Morgan fingerprint density at radius 3 is 2.67 bits per heavy atom. The number of anilines is 1. The van der Waals surface area contributed by atoms with Crippen LogP contribution in [0.2, 0.25) is 0 Å². The van der Waals surface area contributed by atoms with Gasteiger partial charge in [-0.15, -0.1) is 0 Å². The maximum absolute atomic E-state index is 11.4. The van der Waals surface area contributed by atoms with Gasteiger partial charge in [-0.3, -0.25) is 4.79 Å².